The Balaban J connectivity index is 2.42. The highest BCUT2D eigenvalue weighted by atomic mass is 35.5. The largest absolute Gasteiger partial charge is 0.423 e. The van der Waals surface area contributed by atoms with Crippen molar-refractivity contribution in [2.45, 2.75) is 6.18 Å². The van der Waals surface area contributed by atoms with E-state index in [1.54, 1.807) is 6.07 Å². The molecule has 0 amide bonds. The van der Waals surface area contributed by atoms with Crippen LogP contribution in [0.2, 0.25) is 5.02 Å². The van der Waals surface area contributed by atoms with Gasteiger partial charge in [0, 0.05) is 16.8 Å². The van der Waals surface area contributed by atoms with E-state index in [0.717, 1.165) is 4.40 Å². The number of rotatable bonds is 1. The van der Waals surface area contributed by atoms with Gasteiger partial charge in [-0.05, 0) is 24.3 Å². The van der Waals surface area contributed by atoms with E-state index in [1.807, 2.05) is 0 Å². The predicted molar refractivity (Wildman–Crippen MR) is 76.9 cm³/mol. The van der Waals surface area contributed by atoms with Crippen molar-refractivity contribution >= 4 is 17.2 Å². The summed E-state index contributed by atoms with van der Waals surface area (Å²) in [5.41, 5.74) is -2.52. The van der Waals surface area contributed by atoms with Crippen LogP contribution in [0.15, 0.2) is 53.5 Å². The molecule has 22 heavy (non-hydrogen) atoms. The molecule has 2 aromatic heterocycles. The van der Waals surface area contributed by atoms with E-state index in [2.05, 4.69) is 4.98 Å². The first-order valence-corrected chi connectivity index (χ1v) is 6.60. The van der Waals surface area contributed by atoms with Crippen LogP contribution in [0.4, 0.5) is 13.2 Å². The van der Waals surface area contributed by atoms with E-state index < -0.39 is 23.0 Å². The van der Waals surface area contributed by atoms with Crippen LogP contribution < -0.4 is 5.56 Å². The maximum atomic E-state index is 13.3. The van der Waals surface area contributed by atoms with Crippen LogP contribution in [0.5, 0.6) is 0 Å². The van der Waals surface area contributed by atoms with E-state index in [1.165, 1.54) is 42.6 Å². The van der Waals surface area contributed by atoms with Crippen molar-refractivity contribution in [2.24, 2.45) is 0 Å². The van der Waals surface area contributed by atoms with E-state index in [0.29, 0.717) is 5.02 Å². The molecule has 112 valence electrons. The van der Waals surface area contributed by atoms with E-state index in [9.17, 15) is 18.0 Å². The third-order valence-electron chi connectivity index (χ3n) is 3.14. The van der Waals surface area contributed by atoms with Crippen LogP contribution in [0.1, 0.15) is 5.56 Å². The van der Waals surface area contributed by atoms with Crippen molar-refractivity contribution in [3.05, 3.63) is 69.6 Å². The summed E-state index contributed by atoms with van der Waals surface area (Å²) in [6.45, 7) is 0. The van der Waals surface area contributed by atoms with Crippen molar-refractivity contribution in [2.75, 3.05) is 0 Å². The summed E-state index contributed by atoms with van der Waals surface area (Å²) in [6.07, 6.45) is -3.55. The fourth-order valence-electron chi connectivity index (χ4n) is 2.16. The van der Waals surface area contributed by atoms with Crippen molar-refractivity contribution in [3.63, 3.8) is 0 Å². The molecule has 0 fully saturated rings. The average molecular weight is 325 g/mol. The van der Waals surface area contributed by atoms with Gasteiger partial charge < -0.3 is 0 Å². The quantitative estimate of drug-likeness (QED) is 0.677. The molecule has 2 heterocycles. The molecule has 3 rings (SSSR count). The number of pyridine rings is 1. The smallest absolute Gasteiger partial charge is 0.268 e. The number of hydrogen-bond acceptors (Lipinski definition) is 2. The molecule has 0 saturated heterocycles. The molecule has 3 nitrogen and oxygen atoms in total. The maximum absolute atomic E-state index is 13.3. The van der Waals surface area contributed by atoms with Crippen molar-refractivity contribution < 1.29 is 13.2 Å². The van der Waals surface area contributed by atoms with Gasteiger partial charge in [-0.25, -0.2) is 4.98 Å². The zero-order valence-corrected chi connectivity index (χ0v) is 11.7. The summed E-state index contributed by atoms with van der Waals surface area (Å²) in [5.74, 6) is 0. The highest BCUT2D eigenvalue weighted by Crippen LogP contribution is 2.34. The summed E-state index contributed by atoms with van der Waals surface area (Å²) in [5, 5.41) is 0.384. The number of hydrogen-bond donors (Lipinski definition) is 0. The van der Waals surface area contributed by atoms with Crippen molar-refractivity contribution in [1.29, 1.82) is 0 Å². The molecule has 0 atom stereocenters. The molecule has 0 unspecified atom stereocenters. The monoisotopic (exact) mass is 324 g/mol. The molecule has 0 spiro atoms. The summed E-state index contributed by atoms with van der Waals surface area (Å²) >= 11 is 5.75. The minimum Gasteiger partial charge on any atom is -0.268 e. The summed E-state index contributed by atoms with van der Waals surface area (Å²) in [7, 11) is 0. The molecule has 3 aromatic rings. The van der Waals surface area contributed by atoms with Gasteiger partial charge in [-0.3, -0.25) is 9.20 Å². The second kappa shape index (κ2) is 5.14. The van der Waals surface area contributed by atoms with Crippen molar-refractivity contribution in [3.8, 4) is 11.3 Å². The molecule has 1 aromatic carbocycles. The van der Waals surface area contributed by atoms with Crippen LogP contribution in [-0.2, 0) is 6.18 Å². The van der Waals surface area contributed by atoms with E-state index in [4.69, 9.17) is 11.6 Å². The second-order valence-corrected chi connectivity index (χ2v) is 5.01. The van der Waals surface area contributed by atoms with Gasteiger partial charge in [-0.15, -0.1) is 0 Å². The Hall–Kier alpha value is -2.34. The number of benzene rings is 1. The number of halogens is 4. The molecule has 0 saturated carbocycles. The van der Waals surface area contributed by atoms with Crippen LogP contribution in [0.3, 0.4) is 0 Å². The Labute approximate surface area is 127 Å². The van der Waals surface area contributed by atoms with Gasteiger partial charge in [0.25, 0.3) is 5.56 Å². The molecular formula is C15H8ClF3N2O. The number of fused-ring (bicyclic) bond motifs is 1. The zero-order valence-electron chi connectivity index (χ0n) is 10.9. The number of alkyl halides is 3. The molecule has 0 aliphatic rings. The third kappa shape index (κ3) is 2.46. The van der Waals surface area contributed by atoms with Gasteiger partial charge in [0.05, 0.1) is 5.69 Å². The third-order valence-corrected chi connectivity index (χ3v) is 3.39. The fourth-order valence-corrected chi connectivity index (χ4v) is 2.29. The summed E-state index contributed by atoms with van der Waals surface area (Å²) < 4.78 is 40.8. The number of nitrogens with zero attached hydrogens (tertiary/aromatic N) is 2. The highest BCUT2D eigenvalue weighted by Gasteiger charge is 2.38. The van der Waals surface area contributed by atoms with Gasteiger partial charge in [0.15, 0.2) is 0 Å². The average Bonchev–Trinajstić information content (AvgIpc) is 2.46. The first-order chi connectivity index (χ1) is 10.4. The minimum absolute atomic E-state index is 0.144. The Morgan fingerprint density at radius 2 is 1.73 bits per heavy atom. The zero-order chi connectivity index (χ0) is 15.9. The first-order valence-electron chi connectivity index (χ1n) is 6.22. The normalized spacial score (nSPS) is 11.8. The van der Waals surface area contributed by atoms with Gasteiger partial charge in [-0.2, -0.15) is 13.2 Å². The molecule has 0 bridgehead atoms. The lowest BCUT2D eigenvalue weighted by Crippen LogP contribution is -2.27. The van der Waals surface area contributed by atoms with Crippen LogP contribution in [-0.4, -0.2) is 9.38 Å². The summed E-state index contributed by atoms with van der Waals surface area (Å²) in [4.78, 5) is 16.2. The van der Waals surface area contributed by atoms with E-state index >= 15 is 0 Å². The Kier molecular flexibility index (Phi) is 3.41. The van der Waals surface area contributed by atoms with Crippen LogP contribution in [0, 0.1) is 0 Å². The minimum atomic E-state index is -4.81. The highest BCUT2D eigenvalue weighted by molar-refractivity contribution is 6.30. The topological polar surface area (TPSA) is 34.4 Å². The van der Waals surface area contributed by atoms with E-state index in [-0.39, 0.29) is 11.2 Å². The SMILES string of the molecule is O=c1c(C(F)(F)F)c(-c2ccc(Cl)cc2)nc2ccccn12. The van der Waals surface area contributed by atoms with Crippen molar-refractivity contribution in [1.82, 2.24) is 9.38 Å². The lowest BCUT2D eigenvalue weighted by Gasteiger charge is -2.13. The molecule has 0 radical (unpaired) electrons. The molecule has 0 N–H and O–H groups in total. The summed E-state index contributed by atoms with van der Waals surface area (Å²) in [6, 6.07) is 10.2. The molecule has 7 heteroatoms. The van der Waals surface area contributed by atoms with Crippen LogP contribution in [0.25, 0.3) is 16.9 Å². The Bertz CT molecular complexity index is 901. The lowest BCUT2D eigenvalue weighted by atomic mass is 10.1. The van der Waals surface area contributed by atoms with Gasteiger partial charge in [-0.1, -0.05) is 29.8 Å². The Morgan fingerprint density at radius 3 is 2.36 bits per heavy atom. The van der Waals surface area contributed by atoms with Gasteiger partial charge in [0.1, 0.15) is 11.2 Å². The molecule has 0 aliphatic carbocycles. The lowest BCUT2D eigenvalue weighted by molar-refractivity contribution is -0.138. The molecular weight excluding hydrogens is 317 g/mol. The maximum Gasteiger partial charge on any atom is 0.423 e. The second-order valence-electron chi connectivity index (χ2n) is 4.57. The molecule has 0 aliphatic heterocycles. The van der Waals surface area contributed by atoms with Gasteiger partial charge >= 0.3 is 6.18 Å². The van der Waals surface area contributed by atoms with Crippen LogP contribution >= 0.6 is 11.6 Å². The number of aromatic nitrogens is 2. The predicted octanol–water partition coefficient (Wildman–Crippen LogP) is 4.03. The fraction of sp³-hybridized carbons (Fsp3) is 0.0667. The van der Waals surface area contributed by atoms with Gasteiger partial charge in [0.2, 0.25) is 0 Å². The standard InChI is InChI=1S/C15H8ClF3N2O/c16-10-6-4-9(5-7-10)13-12(15(17,18)19)14(22)21-8-2-1-3-11(21)20-13/h1-8H. The first kappa shape index (κ1) is 14.6. The Morgan fingerprint density at radius 1 is 1.05 bits per heavy atom.